The second kappa shape index (κ2) is 5.26. The van der Waals surface area contributed by atoms with Gasteiger partial charge in [-0.05, 0) is 0 Å². The molecule has 0 atom stereocenters. The molecule has 0 aromatic heterocycles. The van der Waals surface area contributed by atoms with Crippen LogP contribution in [0.4, 0.5) is 0 Å². The van der Waals surface area contributed by atoms with Gasteiger partial charge in [0.25, 0.3) is 0 Å². The van der Waals surface area contributed by atoms with Crippen LogP contribution in [-0.2, 0) is 27.5 Å². The number of hydrogen-bond acceptors (Lipinski definition) is 2. The molecule has 0 bridgehead atoms. The van der Waals surface area contributed by atoms with Crippen molar-refractivity contribution in [3.63, 3.8) is 0 Å². The Hall–Kier alpha value is 1.12. The van der Waals surface area contributed by atoms with E-state index in [-0.39, 0.29) is 41.0 Å². The molecule has 0 aromatic rings. The predicted molar refractivity (Wildman–Crippen MR) is 29.6 cm³/mol. The van der Waals surface area contributed by atoms with Crippen molar-refractivity contribution in [2.24, 2.45) is 0 Å². The predicted octanol–water partition coefficient (Wildman–Crippen LogP) is -0.0373. The minimum atomic E-state index is -4.67. The topological polar surface area (TPSA) is 74.6 Å². The van der Waals surface area contributed by atoms with Crippen LogP contribution in [0.5, 0.6) is 0 Å². The van der Waals surface area contributed by atoms with Gasteiger partial charge in [0.05, 0.1) is 0 Å². The molecule has 0 amide bonds. The maximum Gasteiger partial charge on any atom is 0.394 e. The summed E-state index contributed by atoms with van der Waals surface area (Å²) in [6.45, 7) is 0. The maximum absolute atomic E-state index is 8.74. The first-order chi connectivity index (χ1) is 2.00. The molecule has 0 aliphatic heterocycles. The van der Waals surface area contributed by atoms with Gasteiger partial charge in [0.1, 0.15) is 0 Å². The summed E-state index contributed by atoms with van der Waals surface area (Å²) in [7, 11) is -4.67. The molecule has 0 heterocycles. The largest absolute Gasteiger partial charge is 0.394 e. The minimum Gasteiger partial charge on any atom is -0.264 e. The molecule has 4 nitrogen and oxygen atoms in total. The van der Waals surface area contributed by atoms with E-state index in [1.807, 2.05) is 0 Å². The summed E-state index contributed by atoms with van der Waals surface area (Å²) in [6.07, 6.45) is 0. The van der Waals surface area contributed by atoms with E-state index in [9.17, 15) is 0 Å². The molecule has 0 aromatic carbocycles. The summed E-state index contributed by atoms with van der Waals surface area (Å²) < 4.78 is 31.6. The molecule has 0 rings (SSSR count). The fourth-order valence-corrected chi connectivity index (χ4v) is 0. The van der Waals surface area contributed by atoms with Crippen molar-refractivity contribution in [1.82, 2.24) is 0 Å². The second-order valence-electron chi connectivity index (χ2n) is 0.448. The molecule has 0 saturated carbocycles. The summed E-state index contributed by atoms with van der Waals surface area (Å²) in [6, 6.07) is 0. The van der Waals surface area contributed by atoms with E-state index in [0.717, 1.165) is 0 Å². The molecule has 51 valence electrons. The Bertz CT molecular complexity index is 94.9. The van der Waals surface area contributed by atoms with Crippen LogP contribution in [0, 0.1) is 0 Å². The molecule has 0 saturated heterocycles. The van der Waals surface area contributed by atoms with Gasteiger partial charge in [0, 0.05) is 17.1 Å². The van der Waals surface area contributed by atoms with Crippen molar-refractivity contribution in [3.05, 3.63) is 0 Å². The standard InChI is InChI=1S/Cu.HI.H2O4S/c;;1-5(2,3)4/h;1H;(H2,1,2,3,4). The fraction of sp³-hybridized carbons (Fsp3) is 0. The fourth-order valence-electron chi connectivity index (χ4n) is 0. The summed E-state index contributed by atoms with van der Waals surface area (Å²) >= 11 is 0. The van der Waals surface area contributed by atoms with Crippen LogP contribution in [0.3, 0.4) is 0 Å². The van der Waals surface area contributed by atoms with Crippen LogP contribution in [0.25, 0.3) is 0 Å². The monoisotopic (exact) mass is 289 g/mol. The van der Waals surface area contributed by atoms with E-state index in [0.29, 0.717) is 0 Å². The van der Waals surface area contributed by atoms with Crippen molar-refractivity contribution in [3.8, 4) is 0 Å². The number of rotatable bonds is 0. The Morgan fingerprint density at radius 3 is 1.14 bits per heavy atom. The molecule has 0 unspecified atom stereocenters. The van der Waals surface area contributed by atoms with Crippen molar-refractivity contribution < 1.29 is 34.6 Å². The zero-order valence-electron chi connectivity index (χ0n) is 2.83. The van der Waals surface area contributed by atoms with Gasteiger partial charge in [-0.25, -0.2) is 0 Å². The summed E-state index contributed by atoms with van der Waals surface area (Å²) in [5, 5.41) is 0. The Morgan fingerprint density at radius 1 is 1.14 bits per heavy atom. The van der Waals surface area contributed by atoms with Gasteiger partial charge in [0.2, 0.25) is 0 Å². The number of hydrogen-bond donors (Lipinski definition) is 2. The van der Waals surface area contributed by atoms with Crippen molar-refractivity contribution >= 4 is 34.4 Å². The molecule has 0 aliphatic rings. The molecule has 0 fully saturated rings. The normalized spacial score (nSPS) is 8.29. The van der Waals surface area contributed by atoms with Crippen LogP contribution in [0.2, 0.25) is 0 Å². The Labute approximate surface area is 68.7 Å². The third-order valence-electron chi connectivity index (χ3n) is 0. The van der Waals surface area contributed by atoms with E-state index < -0.39 is 10.4 Å². The molecule has 0 aliphatic carbocycles. The molecule has 0 spiro atoms. The van der Waals surface area contributed by atoms with Crippen LogP contribution in [0.1, 0.15) is 0 Å². The molecule has 7 heavy (non-hydrogen) atoms. The maximum atomic E-state index is 8.74. The molecule has 7 heteroatoms. The summed E-state index contributed by atoms with van der Waals surface area (Å²) in [4.78, 5) is 0. The third-order valence-corrected chi connectivity index (χ3v) is 0. The summed E-state index contributed by atoms with van der Waals surface area (Å²) in [5.74, 6) is 0. The number of halogens is 1. The average Bonchev–Trinajstić information content (AvgIpc) is 0.722. The van der Waals surface area contributed by atoms with Gasteiger partial charge in [-0.3, -0.25) is 9.11 Å². The summed E-state index contributed by atoms with van der Waals surface area (Å²) in [5.41, 5.74) is 0. The van der Waals surface area contributed by atoms with Gasteiger partial charge in [-0.15, -0.1) is 24.0 Å². The molecular weight excluding hydrogens is 287 g/mol. The van der Waals surface area contributed by atoms with Crippen molar-refractivity contribution in [1.29, 1.82) is 0 Å². The average molecular weight is 290 g/mol. The Kier molecular flexibility index (Phi) is 11.8. The first kappa shape index (κ1) is 15.7. The van der Waals surface area contributed by atoms with Gasteiger partial charge in [-0.2, -0.15) is 8.42 Å². The molecule has 2 N–H and O–H groups in total. The first-order valence-electron chi connectivity index (χ1n) is 0.698. The Balaban J connectivity index is -0.0000000800. The third kappa shape index (κ3) is 149. The second-order valence-corrected chi connectivity index (χ2v) is 1.34. The van der Waals surface area contributed by atoms with E-state index in [1.165, 1.54) is 0 Å². The van der Waals surface area contributed by atoms with Gasteiger partial charge < -0.3 is 0 Å². The van der Waals surface area contributed by atoms with E-state index in [1.54, 1.807) is 0 Å². The minimum absolute atomic E-state index is 0. The van der Waals surface area contributed by atoms with Crippen molar-refractivity contribution in [2.45, 2.75) is 0 Å². The molecule has 1 radical (unpaired) electrons. The SMILES string of the molecule is I.O=S(=O)(O)O.[Cu]. The van der Waals surface area contributed by atoms with E-state index >= 15 is 0 Å². The van der Waals surface area contributed by atoms with Crippen LogP contribution in [0.15, 0.2) is 0 Å². The quantitative estimate of drug-likeness (QED) is 0.373. The van der Waals surface area contributed by atoms with E-state index in [2.05, 4.69) is 0 Å². The van der Waals surface area contributed by atoms with Gasteiger partial charge in [0.15, 0.2) is 0 Å². The van der Waals surface area contributed by atoms with Crippen LogP contribution < -0.4 is 0 Å². The van der Waals surface area contributed by atoms with Gasteiger partial charge in [-0.1, -0.05) is 0 Å². The van der Waals surface area contributed by atoms with Gasteiger partial charge >= 0.3 is 10.4 Å². The van der Waals surface area contributed by atoms with Crippen LogP contribution >= 0.6 is 24.0 Å². The van der Waals surface area contributed by atoms with Crippen molar-refractivity contribution in [2.75, 3.05) is 0 Å². The smallest absolute Gasteiger partial charge is 0.264 e. The Morgan fingerprint density at radius 2 is 1.14 bits per heavy atom. The first-order valence-corrected chi connectivity index (χ1v) is 2.10. The van der Waals surface area contributed by atoms with E-state index in [4.69, 9.17) is 17.5 Å². The zero-order chi connectivity index (χ0) is 4.50. The molecular formula is H3CuIO4S. The zero-order valence-corrected chi connectivity index (χ0v) is 6.92. The van der Waals surface area contributed by atoms with Crippen LogP contribution in [-0.4, -0.2) is 17.5 Å².